The minimum Gasteiger partial charge on any atom is -0.490 e. The van der Waals surface area contributed by atoms with Crippen LogP contribution in [-0.2, 0) is 0 Å². The molecular formula is C23H28N2O3. The van der Waals surface area contributed by atoms with Gasteiger partial charge in [-0.2, -0.15) is 0 Å². The Hall–Kier alpha value is -2.53. The molecule has 0 radical (unpaired) electrons. The maximum atomic E-state index is 13.3. The van der Waals surface area contributed by atoms with Gasteiger partial charge >= 0.3 is 0 Å². The summed E-state index contributed by atoms with van der Waals surface area (Å²) in [6, 6.07) is 15.1. The first-order valence-electron chi connectivity index (χ1n) is 10.2. The summed E-state index contributed by atoms with van der Waals surface area (Å²) in [5, 5.41) is 3.48. The van der Waals surface area contributed by atoms with Crippen LogP contribution in [0, 0.1) is 11.8 Å². The summed E-state index contributed by atoms with van der Waals surface area (Å²) in [6.45, 7) is 6.29. The van der Waals surface area contributed by atoms with E-state index < -0.39 is 0 Å². The number of ether oxygens (including phenoxy) is 2. The van der Waals surface area contributed by atoms with Crippen LogP contribution in [0.1, 0.15) is 30.1 Å². The van der Waals surface area contributed by atoms with Crippen molar-refractivity contribution in [2.45, 2.75) is 19.8 Å². The smallest absolute Gasteiger partial charge is 0.257 e. The first-order valence-corrected chi connectivity index (χ1v) is 10.2. The maximum absolute atomic E-state index is 13.3. The molecule has 2 aliphatic rings. The summed E-state index contributed by atoms with van der Waals surface area (Å²) in [5.74, 6) is 3.33. The van der Waals surface area contributed by atoms with Crippen molar-refractivity contribution in [2.75, 3.05) is 32.8 Å². The zero-order valence-corrected chi connectivity index (χ0v) is 16.4. The standard InChI is InChI=1S/C23H28N2O3/c1-2-27-21-9-5-6-10-22(21)28-20-8-4-3-7-19(20)23(26)25-13-11-17-15-24-16-18(17)12-14-25/h3-10,17-18,24H,2,11-16H2,1H3/t17-,18+. The summed E-state index contributed by atoms with van der Waals surface area (Å²) in [4.78, 5) is 15.3. The third-order valence-corrected chi connectivity index (χ3v) is 5.79. The number of carbonyl (C=O) groups is 1. The molecule has 0 aromatic heterocycles. The fraction of sp³-hybridized carbons (Fsp3) is 0.435. The van der Waals surface area contributed by atoms with E-state index in [1.807, 2.05) is 60.4 Å². The Kier molecular flexibility index (Phi) is 5.81. The van der Waals surface area contributed by atoms with Crippen LogP contribution in [0.4, 0.5) is 0 Å². The lowest BCUT2D eigenvalue weighted by Gasteiger charge is -2.22. The van der Waals surface area contributed by atoms with E-state index in [2.05, 4.69) is 5.32 Å². The molecule has 148 valence electrons. The first kappa shape index (κ1) is 18.8. The SMILES string of the molecule is CCOc1ccccc1Oc1ccccc1C(=O)N1CC[C@@H]2CNC[C@@H]2CC1. The summed E-state index contributed by atoms with van der Waals surface area (Å²) in [7, 11) is 0. The minimum atomic E-state index is 0.0532. The van der Waals surface area contributed by atoms with Crippen molar-refractivity contribution in [3.05, 3.63) is 54.1 Å². The van der Waals surface area contributed by atoms with Gasteiger partial charge in [-0.3, -0.25) is 4.79 Å². The monoisotopic (exact) mass is 380 g/mol. The molecule has 1 N–H and O–H groups in total. The first-order chi connectivity index (χ1) is 13.8. The molecule has 5 heteroatoms. The Morgan fingerprint density at radius 3 is 2.25 bits per heavy atom. The molecular weight excluding hydrogens is 352 g/mol. The second-order valence-electron chi connectivity index (χ2n) is 7.53. The molecule has 2 aromatic carbocycles. The molecule has 0 spiro atoms. The number of benzene rings is 2. The van der Waals surface area contributed by atoms with Crippen LogP contribution < -0.4 is 14.8 Å². The fourth-order valence-corrected chi connectivity index (χ4v) is 4.25. The molecule has 2 aromatic rings. The Labute approximate surface area is 166 Å². The highest BCUT2D eigenvalue weighted by Crippen LogP contribution is 2.34. The third-order valence-electron chi connectivity index (χ3n) is 5.79. The summed E-state index contributed by atoms with van der Waals surface area (Å²) < 4.78 is 11.8. The molecule has 4 rings (SSSR count). The molecule has 0 aliphatic carbocycles. The largest absolute Gasteiger partial charge is 0.490 e. The van der Waals surface area contributed by atoms with Gasteiger partial charge in [0, 0.05) is 13.1 Å². The molecule has 0 unspecified atom stereocenters. The van der Waals surface area contributed by atoms with E-state index in [0.29, 0.717) is 41.3 Å². The van der Waals surface area contributed by atoms with Gasteiger partial charge < -0.3 is 19.7 Å². The molecule has 0 saturated carbocycles. The van der Waals surface area contributed by atoms with Gasteiger partial charge in [0.25, 0.3) is 5.91 Å². The van der Waals surface area contributed by atoms with Crippen molar-refractivity contribution in [3.8, 4) is 17.2 Å². The minimum absolute atomic E-state index is 0.0532. The predicted octanol–water partition coefficient (Wildman–Crippen LogP) is 3.95. The molecule has 28 heavy (non-hydrogen) atoms. The summed E-state index contributed by atoms with van der Waals surface area (Å²) >= 11 is 0. The van der Waals surface area contributed by atoms with E-state index >= 15 is 0 Å². The van der Waals surface area contributed by atoms with Crippen LogP contribution in [0.5, 0.6) is 17.2 Å². The number of nitrogens with one attached hydrogen (secondary N) is 1. The lowest BCUT2D eigenvalue weighted by Crippen LogP contribution is -2.33. The molecule has 2 saturated heterocycles. The average Bonchev–Trinajstić information content (AvgIpc) is 3.08. The van der Waals surface area contributed by atoms with Crippen molar-refractivity contribution in [2.24, 2.45) is 11.8 Å². The Morgan fingerprint density at radius 1 is 0.964 bits per heavy atom. The van der Waals surface area contributed by atoms with Crippen LogP contribution in [0.3, 0.4) is 0 Å². The molecule has 2 atom stereocenters. The van der Waals surface area contributed by atoms with E-state index in [9.17, 15) is 4.79 Å². The van der Waals surface area contributed by atoms with Gasteiger partial charge in [0.1, 0.15) is 5.75 Å². The van der Waals surface area contributed by atoms with Crippen LogP contribution >= 0.6 is 0 Å². The molecule has 2 heterocycles. The van der Waals surface area contributed by atoms with Crippen LogP contribution in [0.15, 0.2) is 48.5 Å². The number of amides is 1. The average molecular weight is 380 g/mol. The maximum Gasteiger partial charge on any atom is 0.257 e. The fourth-order valence-electron chi connectivity index (χ4n) is 4.25. The second kappa shape index (κ2) is 8.65. The van der Waals surface area contributed by atoms with Crippen molar-refractivity contribution >= 4 is 5.91 Å². The van der Waals surface area contributed by atoms with E-state index in [1.54, 1.807) is 0 Å². The zero-order valence-electron chi connectivity index (χ0n) is 16.4. The normalized spacial score (nSPS) is 21.7. The van der Waals surface area contributed by atoms with E-state index in [-0.39, 0.29) is 5.91 Å². The van der Waals surface area contributed by atoms with Gasteiger partial charge in [-0.05, 0) is 69.0 Å². The number of para-hydroxylation sites is 3. The van der Waals surface area contributed by atoms with Gasteiger partial charge in [-0.15, -0.1) is 0 Å². The number of nitrogens with zero attached hydrogens (tertiary/aromatic N) is 1. The van der Waals surface area contributed by atoms with Gasteiger partial charge in [0.2, 0.25) is 0 Å². The third kappa shape index (κ3) is 3.99. The highest BCUT2D eigenvalue weighted by Gasteiger charge is 2.32. The van der Waals surface area contributed by atoms with Crippen molar-refractivity contribution < 1.29 is 14.3 Å². The zero-order chi connectivity index (χ0) is 19.3. The lowest BCUT2D eigenvalue weighted by molar-refractivity contribution is 0.0756. The molecule has 1 amide bonds. The summed E-state index contributed by atoms with van der Waals surface area (Å²) in [5.41, 5.74) is 0.610. The lowest BCUT2D eigenvalue weighted by atomic mass is 9.92. The number of carbonyl (C=O) groups excluding carboxylic acids is 1. The van der Waals surface area contributed by atoms with Crippen LogP contribution in [0.2, 0.25) is 0 Å². The number of hydrogen-bond donors (Lipinski definition) is 1. The molecule has 5 nitrogen and oxygen atoms in total. The van der Waals surface area contributed by atoms with E-state index in [4.69, 9.17) is 9.47 Å². The highest BCUT2D eigenvalue weighted by atomic mass is 16.5. The van der Waals surface area contributed by atoms with Crippen molar-refractivity contribution in [1.82, 2.24) is 10.2 Å². The van der Waals surface area contributed by atoms with Gasteiger partial charge in [0.05, 0.1) is 12.2 Å². The second-order valence-corrected chi connectivity index (χ2v) is 7.53. The number of fused-ring (bicyclic) bond motifs is 1. The molecule has 0 bridgehead atoms. The topological polar surface area (TPSA) is 50.8 Å². The number of rotatable bonds is 5. The van der Waals surface area contributed by atoms with Crippen molar-refractivity contribution in [1.29, 1.82) is 0 Å². The van der Waals surface area contributed by atoms with Crippen LogP contribution in [0.25, 0.3) is 0 Å². The van der Waals surface area contributed by atoms with Gasteiger partial charge in [0.15, 0.2) is 11.5 Å². The Bertz CT molecular complexity index is 809. The Balaban J connectivity index is 1.53. The van der Waals surface area contributed by atoms with E-state index in [1.165, 1.54) is 0 Å². The highest BCUT2D eigenvalue weighted by molar-refractivity contribution is 5.97. The van der Waals surface area contributed by atoms with E-state index in [0.717, 1.165) is 39.0 Å². The molecule has 2 fully saturated rings. The molecule has 2 aliphatic heterocycles. The predicted molar refractivity (Wildman–Crippen MR) is 109 cm³/mol. The van der Waals surface area contributed by atoms with Crippen molar-refractivity contribution in [3.63, 3.8) is 0 Å². The number of likely N-dealkylation sites (tertiary alicyclic amines) is 1. The van der Waals surface area contributed by atoms with Gasteiger partial charge in [-0.25, -0.2) is 0 Å². The Morgan fingerprint density at radius 2 is 1.57 bits per heavy atom. The quantitative estimate of drug-likeness (QED) is 0.853. The summed E-state index contributed by atoms with van der Waals surface area (Å²) in [6.07, 6.45) is 2.14. The van der Waals surface area contributed by atoms with Gasteiger partial charge in [-0.1, -0.05) is 24.3 Å². The van der Waals surface area contributed by atoms with Crippen LogP contribution in [-0.4, -0.2) is 43.6 Å². The number of hydrogen-bond acceptors (Lipinski definition) is 4.